The Kier molecular flexibility index (Phi) is 4.07. The predicted molar refractivity (Wildman–Crippen MR) is 60.3 cm³/mol. The standard InChI is InChI=1S/C11H16N4/c1-9(13)10-5-3-7-14-11(10)15(2)8-4-6-12/h3,5,7,9H,4,8,13H2,1-2H3. The molecule has 0 amide bonds. The molecule has 1 atom stereocenters. The van der Waals surface area contributed by atoms with E-state index in [1.54, 1.807) is 6.20 Å². The summed E-state index contributed by atoms with van der Waals surface area (Å²) >= 11 is 0. The van der Waals surface area contributed by atoms with Gasteiger partial charge in [-0.3, -0.25) is 0 Å². The van der Waals surface area contributed by atoms with Crippen molar-refractivity contribution in [1.29, 1.82) is 5.26 Å². The van der Waals surface area contributed by atoms with E-state index in [1.165, 1.54) is 0 Å². The van der Waals surface area contributed by atoms with Crippen molar-refractivity contribution >= 4 is 5.82 Å². The van der Waals surface area contributed by atoms with Gasteiger partial charge in [0.15, 0.2) is 0 Å². The SMILES string of the molecule is CC(N)c1cccnc1N(C)CCC#N. The molecule has 1 aromatic heterocycles. The van der Waals surface area contributed by atoms with Crippen molar-refractivity contribution in [3.05, 3.63) is 23.9 Å². The second-order valence-corrected chi connectivity index (χ2v) is 3.53. The van der Waals surface area contributed by atoms with Gasteiger partial charge in [-0.2, -0.15) is 5.26 Å². The number of pyridine rings is 1. The Hall–Kier alpha value is -1.60. The minimum Gasteiger partial charge on any atom is -0.358 e. The second kappa shape index (κ2) is 5.32. The van der Waals surface area contributed by atoms with Gasteiger partial charge in [0.25, 0.3) is 0 Å². The van der Waals surface area contributed by atoms with Crippen LogP contribution in [0.25, 0.3) is 0 Å². The Bertz CT molecular complexity index is 354. The Balaban J connectivity index is 2.88. The Morgan fingerprint density at radius 3 is 3.00 bits per heavy atom. The molecule has 4 nitrogen and oxygen atoms in total. The van der Waals surface area contributed by atoms with Crippen molar-refractivity contribution in [3.63, 3.8) is 0 Å². The summed E-state index contributed by atoms with van der Waals surface area (Å²) < 4.78 is 0. The molecule has 0 aliphatic carbocycles. The highest BCUT2D eigenvalue weighted by Crippen LogP contribution is 2.21. The summed E-state index contributed by atoms with van der Waals surface area (Å²) in [4.78, 5) is 6.25. The van der Waals surface area contributed by atoms with Crippen molar-refractivity contribution < 1.29 is 0 Å². The molecule has 0 aliphatic rings. The molecule has 0 radical (unpaired) electrons. The molecule has 0 saturated heterocycles. The van der Waals surface area contributed by atoms with Crippen LogP contribution in [0.15, 0.2) is 18.3 Å². The van der Waals surface area contributed by atoms with Gasteiger partial charge in [0, 0.05) is 31.4 Å². The predicted octanol–water partition coefficient (Wildman–Crippen LogP) is 1.45. The van der Waals surface area contributed by atoms with Crippen LogP contribution in [0.4, 0.5) is 5.82 Å². The summed E-state index contributed by atoms with van der Waals surface area (Å²) in [6.45, 7) is 2.60. The maximum Gasteiger partial charge on any atom is 0.133 e. The Morgan fingerprint density at radius 2 is 2.40 bits per heavy atom. The second-order valence-electron chi connectivity index (χ2n) is 3.53. The first-order chi connectivity index (χ1) is 7.16. The van der Waals surface area contributed by atoms with E-state index in [0.717, 1.165) is 11.4 Å². The molecule has 0 aromatic carbocycles. The molecule has 1 aromatic rings. The fourth-order valence-electron chi connectivity index (χ4n) is 1.41. The van der Waals surface area contributed by atoms with Crippen LogP contribution in [0.5, 0.6) is 0 Å². The van der Waals surface area contributed by atoms with Crippen molar-refractivity contribution in [2.75, 3.05) is 18.5 Å². The van der Waals surface area contributed by atoms with E-state index in [2.05, 4.69) is 11.1 Å². The van der Waals surface area contributed by atoms with Crippen LogP contribution in [-0.4, -0.2) is 18.6 Å². The van der Waals surface area contributed by atoms with Gasteiger partial charge in [-0.25, -0.2) is 4.98 Å². The monoisotopic (exact) mass is 204 g/mol. The molecule has 2 N–H and O–H groups in total. The third-order valence-corrected chi connectivity index (χ3v) is 2.23. The zero-order valence-electron chi connectivity index (χ0n) is 9.14. The van der Waals surface area contributed by atoms with Crippen LogP contribution in [0.1, 0.15) is 24.9 Å². The minimum atomic E-state index is -0.0433. The smallest absolute Gasteiger partial charge is 0.133 e. The van der Waals surface area contributed by atoms with Crippen LogP contribution in [0, 0.1) is 11.3 Å². The average Bonchev–Trinajstić information content (AvgIpc) is 2.25. The lowest BCUT2D eigenvalue weighted by Gasteiger charge is -2.21. The number of hydrogen-bond donors (Lipinski definition) is 1. The maximum atomic E-state index is 8.52. The summed E-state index contributed by atoms with van der Waals surface area (Å²) in [5.74, 6) is 0.864. The van der Waals surface area contributed by atoms with Crippen LogP contribution in [0.3, 0.4) is 0 Å². The normalized spacial score (nSPS) is 11.9. The first-order valence-corrected chi connectivity index (χ1v) is 4.95. The topological polar surface area (TPSA) is 65.9 Å². The number of hydrogen-bond acceptors (Lipinski definition) is 4. The molecular formula is C11H16N4. The molecule has 0 bridgehead atoms. The van der Waals surface area contributed by atoms with Crippen LogP contribution >= 0.6 is 0 Å². The van der Waals surface area contributed by atoms with Gasteiger partial charge in [-0.05, 0) is 13.0 Å². The summed E-state index contributed by atoms with van der Waals surface area (Å²) in [5.41, 5.74) is 6.86. The minimum absolute atomic E-state index is 0.0433. The molecule has 4 heteroatoms. The number of anilines is 1. The highest BCUT2D eigenvalue weighted by Gasteiger charge is 2.10. The van der Waals surface area contributed by atoms with Crippen LogP contribution in [0.2, 0.25) is 0 Å². The third-order valence-electron chi connectivity index (χ3n) is 2.23. The lowest BCUT2D eigenvalue weighted by Crippen LogP contribution is -2.22. The molecule has 15 heavy (non-hydrogen) atoms. The van der Waals surface area contributed by atoms with Gasteiger partial charge in [0.1, 0.15) is 5.82 Å². The number of nitriles is 1. The van der Waals surface area contributed by atoms with E-state index in [4.69, 9.17) is 11.0 Å². The van der Waals surface area contributed by atoms with E-state index in [-0.39, 0.29) is 6.04 Å². The number of aromatic nitrogens is 1. The molecular weight excluding hydrogens is 188 g/mol. The summed E-state index contributed by atoms with van der Waals surface area (Å²) in [6.07, 6.45) is 2.23. The van der Waals surface area contributed by atoms with E-state index in [9.17, 15) is 0 Å². The summed E-state index contributed by atoms with van der Waals surface area (Å²) in [7, 11) is 1.92. The van der Waals surface area contributed by atoms with Crippen molar-refractivity contribution in [1.82, 2.24) is 4.98 Å². The quantitative estimate of drug-likeness (QED) is 0.806. The third kappa shape index (κ3) is 2.93. The number of rotatable bonds is 4. The van der Waals surface area contributed by atoms with E-state index in [0.29, 0.717) is 13.0 Å². The van der Waals surface area contributed by atoms with Crippen LogP contribution < -0.4 is 10.6 Å². The van der Waals surface area contributed by atoms with Gasteiger partial charge in [0.05, 0.1) is 12.5 Å². The van der Waals surface area contributed by atoms with Gasteiger partial charge in [-0.1, -0.05) is 6.07 Å². The molecule has 0 spiro atoms. The molecule has 0 saturated carbocycles. The Morgan fingerprint density at radius 1 is 1.67 bits per heavy atom. The fourth-order valence-corrected chi connectivity index (χ4v) is 1.41. The molecule has 1 rings (SSSR count). The van der Waals surface area contributed by atoms with E-state index < -0.39 is 0 Å². The molecule has 1 unspecified atom stereocenters. The maximum absolute atomic E-state index is 8.52. The van der Waals surface area contributed by atoms with Gasteiger partial charge in [0.2, 0.25) is 0 Å². The number of nitrogens with two attached hydrogens (primary N) is 1. The summed E-state index contributed by atoms with van der Waals surface area (Å²) in [6, 6.07) is 5.92. The average molecular weight is 204 g/mol. The first-order valence-electron chi connectivity index (χ1n) is 4.95. The lowest BCUT2D eigenvalue weighted by atomic mass is 10.1. The van der Waals surface area contributed by atoms with Gasteiger partial charge < -0.3 is 10.6 Å². The van der Waals surface area contributed by atoms with Crippen molar-refractivity contribution in [3.8, 4) is 6.07 Å². The van der Waals surface area contributed by atoms with Crippen LogP contribution in [-0.2, 0) is 0 Å². The first kappa shape index (κ1) is 11.5. The highest BCUT2D eigenvalue weighted by atomic mass is 15.2. The Labute approximate surface area is 90.3 Å². The molecule has 80 valence electrons. The summed E-state index contributed by atoms with van der Waals surface area (Å²) in [5, 5.41) is 8.52. The lowest BCUT2D eigenvalue weighted by molar-refractivity contribution is 0.788. The zero-order valence-corrected chi connectivity index (χ0v) is 9.14. The van der Waals surface area contributed by atoms with Gasteiger partial charge >= 0.3 is 0 Å². The van der Waals surface area contributed by atoms with Crippen molar-refractivity contribution in [2.45, 2.75) is 19.4 Å². The molecule has 1 heterocycles. The van der Waals surface area contributed by atoms with Crippen molar-refractivity contribution in [2.24, 2.45) is 5.73 Å². The number of nitrogens with zero attached hydrogens (tertiary/aromatic N) is 3. The molecule has 0 fully saturated rings. The van der Waals surface area contributed by atoms with E-state index >= 15 is 0 Å². The van der Waals surface area contributed by atoms with E-state index in [1.807, 2.05) is 31.0 Å². The highest BCUT2D eigenvalue weighted by molar-refractivity contribution is 5.47. The molecule has 0 aliphatic heterocycles. The zero-order chi connectivity index (χ0) is 11.3. The largest absolute Gasteiger partial charge is 0.358 e. The van der Waals surface area contributed by atoms with Gasteiger partial charge in [-0.15, -0.1) is 0 Å². The fraction of sp³-hybridized carbons (Fsp3) is 0.455.